The van der Waals surface area contributed by atoms with E-state index in [1.165, 1.54) is 11.3 Å². The number of piperidine rings is 1. The van der Waals surface area contributed by atoms with Gasteiger partial charge in [0, 0.05) is 18.0 Å². The molecule has 0 aliphatic carbocycles. The molecule has 3 heterocycles. The fourth-order valence-corrected chi connectivity index (χ4v) is 6.99. The van der Waals surface area contributed by atoms with E-state index >= 15 is 0 Å². The number of ether oxygens (including phenoxy) is 1. The average molecular weight is 409 g/mol. The summed E-state index contributed by atoms with van der Waals surface area (Å²) < 4.78 is 34.6. The maximum absolute atomic E-state index is 12.7. The quantitative estimate of drug-likeness (QED) is 0.649. The average Bonchev–Trinajstić information content (AvgIpc) is 3.22. The topological polar surface area (TPSA) is 59.5 Å². The maximum atomic E-state index is 12.7. The van der Waals surface area contributed by atoms with Crippen molar-refractivity contribution >= 4 is 42.9 Å². The Kier molecular flexibility index (Phi) is 4.77. The molecule has 8 heteroatoms. The molecule has 0 radical (unpaired) electrons. The molecule has 5 nitrogen and oxygen atoms in total. The molecule has 3 aromatic rings. The molecule has 0 N–H and O–H groups in total. The Morgan fingerprint density at radius 1 is 1.12 bits per heavy atom. The number of nitrogens with zero attached hydrogens (tertiary/aromatic N) is 2. The van der Waals surface area contributed by atoms with Crippen molar-refractivity contribution in [3.05, 3.63) is 40.8 Å². The third-order valence-electron chi connectivity index (χ3n) is 4.58. The van der Waals surface area contributed by atoms with Crippen LogP contribution in [-0.2, 0) is 10.0 Å². The highest BCUT2D eigenvalue weighted by Gasteiger charge is 2.31. The molecule has 4 rings (SSSR count). The van der Waals surface area contributed by atoms with Gasteiger partial charge in [0.2, 0.25) is 0 Å². The van der Waals surface area contributed by atoms with E-state index in [0.29, 0.717) is 35.3 Å². The van der Waals surface area contributed by atoms with Gasteiger partial charge in [-0.2, -0.15) is 4.31 Å². The van der Waals surface area contributed by atoms with Gasteiger partial charge in [0.1, 0.15) is 10.3 Å². The minimum Gasteiger partial charge on any atom is -0.467 e. The Bertz CT molecular complexity index is 1030. The Morgan fingerprint density at radius 3 is 2.54 bits per heavy atom. The van der Waals surface area contributed by atoms with Gasteiger partial charge in [-0.05, 0) is 50.5 Å². The summed E-state index contributed by atoms with van der Waals surface area (Å²) in [5.41, 5.74) is 2.13. The highest BCUT2D eigenvalue weighted by Crippen LogP contribution is 2.32. The Morgan fingerprint density at radius 2 is 1.88 bits per heavy atom. The molecule has 0 spiro atoms. The van der Waals surface area contributed by atoms with Crippen LogP contribution in [0.4, 0.5) is 0 Å². The van der Waals surface area contributed by atoms with Gasteiger partial charge < -0.3 is 4.74 Å². The van der Waals surface area contributed by atoms with Crippen molar-refractivity contribution in [1.29, 1.82) is 0 Å². The van der Waals surface area contributed by atoms with Crippen LogP contribution >= 0.6 is 22.7 Å². The SMILES string of the molecule is Cc1ccc(S(=O)(=O)N2CCC(Oc3nc4c(C)cccc4s3)CC2)s1. The molecule has 26 heavy (non-hydrogen) atoms. The maximum Gasteiger partial charge on any atom is 0.274 e. The summed E-state index contributed by atoms with van der Waals surface area (Å²) in [6.07, 6.45) is 1.36. The third kappa shape index (κ3) is 3.38. The number of para-hydroxylation sites is 1. The summed E-state index contributed by atoms with van der Waals surface area (Å²) in [5.74, 6) is 0. The second kappa shape index (κ2) is 6.92. The number of fused-ring (bicyclic) bond motifs is 1. The van der Waals surface area contributed by atoms with E-state index in [-0.39, 0.29) is 6.10 Å². The zero-order valence-corrected chi connectivity index (χ0v) is 17.1. The van der Waals surface area contributed by atoms with Crippen LogP contribution in [0.1, 0.15) is 23.3 Å². The largest absolute Gasteiger partial charge is 0.467 e. The monoisotopic (exact) mass is 408 g/mol. The number of sulfonamides is 1. The summed E-state index contributed by atoms with van der Waals surface area (Å²) in [6.45, 7) is 4.92. The number of benzene rings is 1. The molecule has 1 aliphatic rings. The van der Waals surface area contributed by atoms with Crippen molar-refractivity contribution in [3.63, 3.8) is 0 Å². The summed E-state index contributed by atoms with van der Waals surface area (Å²) >= 11 is 2.87. The standard InChI is InChI=1S/C18H20N2O3S3/c1-12-4-3-5-15-17(12)19-18(25-15)23-14-8-10-20(11-9-14)26(21,22)16-7-6-13(2)24-16/h3-7,14H,8-11H2,1-2H3. The van der Waals surface area contributed by atoms with Crippen LogP contribution in [0.3, 0.4) is 0 Å². The first-order valence-corrected chi connectivity index (χ1v) is 11.6. The van der Waals surface area contributed by atoms with Crippen LogP contribution in [0.25, 0.3) is 10.2 Å². The van der Waals surface area contributed by atoms with Gasteiger partial charge in [-0.15, -0.1) is 11.3 Å². The first kappa shape index (κ1) is 17.9. The summed E-state index contributed by atoms with van der Waals surface area (Å²) in [7, 11) is -3.38. The Balaban J connectivity index is 1.42. The minimum absolute atomic E-state index is 0.00684. The highest BCUT2D eigenvalue weighted by molar-refractivity contribution is 7.91. The van der Waals surface area contributed by atoms with Crippen molar-refractivity contribution in [1.82, 2.24) is 9.29 Å². The van der Waals surface area contributed by atoms with Crippen LogP contribution < -0.4 is 4.74 Å². The zero-order valence-electron chi connectivity index (χ0n) is 14.6. The van der Waals surface area contributed by atoms with Gasteiger partial charge in [-0.3, -0.25) is 0 Å². The molecule has 0 saturated carbocycles. The molecule has 1 aliphatic heterocycles. The lowest BCUT2D eigenvalue weighted by molar-refractivity contribution is 0.135. The Labute approximate surface area is 161 Å². The molecule has 0 bridgehead atoms. The second-order valence-electron chi connectivity index (χ2n) is 6.49. The van der Waals surface area contributed by atoms with E-state index in [1.807, 2.05) is 38.1 Å². The molecule has 1 saturated heterocycles. The molecular formula is C18H20N2O3S3. The van der Waals surface area contributed by atoms with Crippen molar-refractivity contribution in [3.8, 4) is 5.19 Å². The fourth-order valence-electron chi connectivity index (χ4n) is 3.13. The molecule has 1 aromatic carbocycles. The zero-order chi connectivity index (χ0) is 18.3. The highest BCUT2D eigenvalue weighted by atomic mass is 32.2. The van der Waals surface area contributed by atoms with E-state index in [4.69, 9.17) is 4.74 Å². The van der Waals surface area contributed by atoms with Crippen molar-refractivity contribution in [2.45, 2.75) is 37.0 Å². The van der Waals surface area contributed by atoms with Gasteiger partial charge in [-0.25, -0.2) is 13.4 Å². The van der Waals surface area contributed by atoms with Crippen molar-refractivity contribution in [2.24, 2.45) is 0 Å². The normalized spacial score (nSPS) is 17.0. The number of rotatable bonds is 4. The predicted molar refractivity (Wildman–Crippen MR) is 106 cm³/mol. The fraction of sp³-hybridized carbons (Fsp3) is 0.389. The first-order valence-electron chi connectivity index (χ1n) is 8.53. The van der Waals surface area contributed by atoms with Gasteiger partial charge in [0.25, 0.3) is 15.2 Å². The number of hydrogen-bond donors (Lipinski definition) is 0. The number of aromatic nitrogens is 1. The van der Waals surface area contributed by atoms with E-state index in [9.17, 15) is 8.42 Å². The van der Waals surface area contributed by atoms with Crippen LogP contribution in [0.2, 0.25) is 0 Å². The third-order valence-corrected chi connectivity index (χ3v) is 8.86. The summed E-state index contributed by atoms with van der Waals surface area (Å²) in [5, 5.41) is 0.671. The van der Waals surface area contributed by atoms with Crippen molar-refractivity contribution in [2.75, 3.05) is 13.1 Å². The van der Waals surface area contributed by atoms with Crippen molar-refractivity contribution < 1.29 is 13.2 Å². The smallest absolute Gasteiger partial charge is 0.274 e. The lowest BCUT2D eigenvalue weighted by atomic mass is 10.1. The summed E-state index contributed by atoms with van der Waals surface area (Å²) in [4.78, 5) is 5.60. The molecule has 0 amide bonds. The lowest BCUT2D eigenvalue weighted by Gasteiger charge is -2.30. The van der Waals surface area contributed by atoms with Crippen LogP contribution in [0, 0.1) is 13.8 Å². The van der Waals surface area contributed by atoms with E-state index in [2.05, 4.69) is 4.98 Å². The van der Waals surface area contributed by atoms with Gasteiger partial charge in [0.05, 0.1) is 10.2 Å². The number of thiophene rings is 1. The second-order valence-corrected chi connectivity index (χ2v) is 10.9. The van der Waals surface area contributed by atoms with E-state index in [1.54, 1.807) is 21.7 Å². The number of thiazole rings is 1. The van der Waals surface area contributed by atoms with Crippen LogP contribution in [0.15, 0.2) is 34.5 Å². The van der Waals surface area contributed by atoms with Crippen LogP contribution in [-0.4, -0.2) is 36.9 Å². The van der Waals surface area contributed by atoms with Gasteiger partial charge in [-0.1, -0.05) is 23.5 Å². The minimum atomic E-state index is -3.38. The Hall–Kier alpha value is -1.48. The molecule has 1 fully saturated rings. The number of aryl methyl sites for hydroxylation is 2. The molecular weight excluding hydrogens is 388 g/mol. The molecule has 0 unspecified atom stereocenters. The molecule has 0 atom stereocenters. The molecule has 138 valence electrons. The predicted octanol–water partition coefficient (Wildman–Crippen LogP) is 4.21. The van der Waals surface area contributed by atoms with E-state index < -0.39 is 10.0 Å². The lowest BCUT2D eigenvalue weighted by Crippen LogP contribution is -2.41. The van der Waals surface area contributed by atoms with Gasteiger partial charge >= 0.3 is 0 Å². The first-order chi connectivity index (χ1) is 12.4. The summed E-state index contributed by atoms with van der Waals surface area (Å²) in [6, 6.07) is 9.66. The van der Waals surface area contributed by atoms with Gasteiger partial charge in [0.15, 0.2) is 0 Å². The number of hydrogen-bond acceptors (Lipinski definition) is 6. The molecule has 2 aromatic heterocycles. The van der Waals surface area contributed by atoms with Crippen LogP contribution in [0.5, 0.6) is 5.19 Å². The van der Waals surface area contributed by atoms with E-state index in [0.717, 1.165) is 20.7 Å².